The van der Waals surface area contributed by atoms with Gasteiger partial charge < -0.3 is 26.8 Å². The summed E-state index contributed by atoms with van der Waals surface area (Å²) in [6.45, 7) is 3.55. The van der Waals surface area contributed by atoms with Crippen molar-refractivity contribution in [3.8, 4) is 0 Å². The first-order chi connectivity index (χ1) is 14.1. The first-order valence-electron chi connectivity index (χ1n) is 9.57. The van der Waals surface area contributed by atoms with E-state index in [0.29, 0.717) is 18.6 Å². The standard InChI is InChI=1S/C18H34N4O5S3/c1-10(2)14(22-15(23)11(19)5-7-29-3)17(25)20-12(6-8-30-4)16(24)21-13(9-28)18(26)27/h10-14,28H,5-9,19H2,1-4H3,(H,20,25)(H,21,24)(H,22,23)(H,26,27). The fourth-order valence-electron chi connectivity index (χ4n) is 2.39. The zero-order valence-corrected chi connectivity index (χ0v) is 20.4. The molecule has 0 heterocycles. The predicted octanol–water partition coefficient (Wildman–Crippen LogP) is -0.0553. The molecule has 4 atom stereocenters. The van der Waals surface area contributed by atoms with Crippen LogP contribution >= 0.6 is 36.2 Å². The molecule has 30 heavy (non-hydrogen) atoms. The second-order valence-electron chi connectivity index (χ2n) is 7.04. The van der Waals surface area contributed by atoms with Gasteiger partial charge in [-0.25, -0.2) is 4.79 Å². The SMILES string of the molecule is CSCCC(N)C(=O)NC(C(=O)NC(CCSC)C(=O)NC(CS)C(=O)O)C(C)C. The van der Waals surface area contributed by atoms with Crippen LogP contribution in [-0.4, -0.2) is 82.7 Å². The lowest BCUT2D eigenvalue weighted by Crippen LogP contribution is -2.58. The van der Waals surface area contributed by atoms with E-state index in [9.17, 15) is 19.2 Å². The molecule has 0 aliphatic heterocycles. The van der Waals surface area contributed by atoms with Gasteiger partial charge in [0.25, 0.3) is 0 Å². The van der Waals surface area contributed by atoms with E-state index in [2.05, 4.69) is 28.6 Å². The number of carbonyl (C=O) groups is 4. The molecule has 0 aromatic carbocycles. The minimum Gasteiger partial charge on any atom is -0.480 e. The van der Waals surface area contributed by atoms with E-state index in [0.717, 1.165) is 5.75 Å². The molecular weight excluding hydrogens is 448 g/mol. The van der Waals surface area contributed by atoms with E-state index >= 15 is 0 Å². The number of thiol groups is 1. The van der Waals surface area contributed by atoms with Gasteiger partial charge in [-0.05, 0) is 42.8 Å². The van der Waals surface area contributed by atoms with E-state index in [4.69, 9.17) is 10.8 Å². The Labute approximate surface area is 192 Å². The molecule has 0 radical (unpaired) electrons. The minimum absolute atomic E-state index is 0.0805. The van der Waals surface area contributed by atoms with E-state index in [-0.39, 0.29) is 11.7 Å². The van der Waals surface area contributed by atoms with Crippen LogP contribution in [0.2, 0.25) is 0 Å². The molecular formula is C18H34N4O5S3. The fraction of sp³-hybridized carbons (Fsp3) is 0.778. The number of aliphatic carboxylic acids is 1. The summed E-state index contributed by atoms with van der Waals surface area (Å²) < 4.78 is 0. The quantitative estimate of drug-likeness (QED) is 0.178. The van der Waals surface area contributed by atoms with Crippen molar-refractivity contribution in [1.82, 2.24) is 16.0 Å². The van der Waals surface area contributed by atoms with E-state index in [1.165, 1.54) is 11.8 Å². The third kappa shape index (κ3) is 10.8. The van der Waals surface area contributed by atoms with Gasteiger partial charge in [-0.15, -0.1) is 0 Å². The van der Waals surface area contributed by atoms with Gasteiger partial charge in [-0.3, -0.25) is 14.4 Å². The Morgan fingerprint density at radius 1 is 0.900 bits per heavy atom. The van der Waals surface area contributed by atoms with Crippen molar-refractivity contribution in [1.29, 1.82) is 0 Å². The molecule has 3 amide bonds. The van der Waals surface area contributed by atoms with Gasteiger partial charge in [0.15, 0.2) is 0 Å². The largest absolute Gasteiger partial charge is 0.480 e. The van der Waals surface area contributed by atoms with Crippen LogP contribution in [0, 0.1) is 5.92 Å². The van der Waals surface area contributed by atoms with Crippen molar-refractivity contribution in [2.45, 2.75) is 50.9 Å². The molecule has 0 aromatic rings. The predicted molar refractivity (Wildman–Crippen MR) is 126 cm³/mol. The number of carboxylic acids is 1. The summed E-state index contributed by atoms with van der Waals surface area (Å²) >= 11 is 7.00. The van der Waals surface area contributed by atoms with Crippen LogP contribution in [0.3, 0.4) is 0 Å². The number of carboxylic acid groups (broad SMARTS) is 1. The first-order valence-corrected chi connectivity index (χ1v) is 13.0. The van der Waals surface area contributed by atoms with Gasteiger partial charge >= 0.3 is 5.97 Å². The maximum absolute atomic E-state index is 12.8. The Bertz CT molecular complexity index is 580. The summed E-state index contributed by atoms with van der Waals surface area (Å²) in [5, 5.41) is 16.8. The topological polar surface area (TPSA) is 151 Å². The highest BCUT2D eigenvalue weighted by Gasteiger charge is 2.31. The van der Waals surface area contributed by atoms with Crippen LogP contribution in [0.5, 0.6) is 0 Å². The maximum atomic E-state index is 12.8. The highest BCUT2D eigenvalue weighted by atomic mass is 32.2. The van der Waals surface area contributed by atoms with Crippen molar-refractivity contribution in [2.75, 3.05) is 29.8 Å². The van der Waals surface area contributed by atoms with Gasteiger partial charge in [0.05, 0.1) is 6.04 Å². The Balaban J connectivity index is 5.23. The normalized spacial score (nSPS) is 15.0. The molecule has 4 unspecified atom stereocenters. The Morgan fingerprint density at radius 3 is 1.90 bits per heavy atom. The lowest BCUT2D eigenvalue weighted by atomic mass is 10.0. The van der Waals surface area contributed by atoms with Crippen LogP contribution in [0.25, 0.3) is 0 Å². The molecule has 6 N–H and O–H groups in total. The number of carbonyl (C=O) groups excluding carboxylic acids is 3. The van der Waals surface area contributed by atoms with Gasteiger partial charge in [-0.1, -0.05) is 13.8 Å². The smallest absolute Gasteiger partial charge is 0.327 e. The van der Waals surface area contributed by atoms with Crippen LogP contribution in [0.1, 0.15) is 26.7 Å². The number of nitrogens with one attached hydrogen (secondary N) is 3. The average Bonchev–Trinajstić information content (AvgIpc) is 2.69. The Kier molecular flexibility index (Phi) is 15.1. The molecule has 9 nitrogen and oxygen atoms in total. The molecule has 174 valence electrons. The van der Waals surface area contributed by atoms with Crippen LogP contribution in [0.15, 0.2) is 0 Å². The molecule has 0 aromatic heterocycles. The fourth-order valence-corrected chi connectivity index (χ4v) is 3.60. The minimum atomic E-state index is -1.21. The van der Waals surface area contributed by atoms with Crippen molar-refractivity contribution in [3.63, 3.8) is 0 Å². The van der Waals surface area contributed by atoms with Crippen molar-refractivity contribution in [3.05, 3.63) is 0 Å². The zero-order chi connectivity index (χ0) is 23.3. The molecule has 0 fully saturated rings. The number of rotatable bonds is 15. The molecule has 0 aliphatic rings. The second kappa shape index (κ2) is 15.7. The molecule has 0 aliphatic carbocycles. The van der Waals surface area contributed by atoms with E-state index < -0.39 is 47.9 Å². The summed E-state index contributed by atoms with van der Waals surface area (Å²) in [7, 11) is 0. The lowest BCUT2D eigenvalue weighted by Gasteiger charge is -2.26. The van der Waals surface area contributed by atoms with Gasteiger partial charge in [-0.2, -0.15) is 36.2 Å². The second-order valence-corrected chi connectivity index (χ2v) is 9.38. The highest BCUT2D eigenvalue weighted by molar-refractivity contribution is 7.98. The summed E-state index contributed by atoms with van der Waals surface area (Å²) in [5.41, 5.74) is 5.88. The third-order valence-corrected chi connectivity index (χ3v) is 5.91. The number of amides is 3. The lowest BCUT2D eigenvalue weighted by molar-refractivity contribution is -0.141. The molecule has 0 spiro atoms. The van der Waals surface area contributed by atoms with E-state index in [1.807, 2.05) is 12.5 Å². The van der Waals surface area contributed by atoms with Gasteiger partial charge in [0.1, 0.15) is 18.1 Å². The number of nitrogens with two attached hydrogens (primary N) is 1. The maximum Gasteiger partial charge on any atom is 0.327 e. The average molecular weight is 483 g/mol. The number of thioether (sulfide) groups is 2. The van der Waals surface area contributed by atoms with Crippen LogP contribution in [0.4, 0.5) is 0 Å². The van der Waals surface area contributed by atoms with Crippen molar-refractivity contribution < 1.29 is 24.3 Å². The van der Waals surface area contributed by atoms with Gasteiger partial charge in [0, 0.05) is 5.75 Å². The Hall–Kier alpha value is -1.11. The first kappa shape index (κ1) is 28.9. The van der Waals surface area contributed by atoms with Crippen molar-refractivity contribution in [2.24, 2.45) is 11.7 Å². The van der Waals surface area contributed by atoms with E-state index in [1.54, 1.807) is 25.6 Å². The zero-order valence-electron chi connectivity index (χ0n) is 17.8. The van der Waals surface area contributed by atoms with Gasteiger partial charge in [0.2, 0.25) is 17.7 Å². The molecule has 0 bridgehead atoms. The third-order valence-electron chi connectivity index (χ3n) is 4.26. The van der Waals surface area contributed by atoms with Crippen LogP contribution < -0.4 is 21.7 Å². The molecule has 0 saturated heterocycles. The molecule has 0 saturated carbocycles. The summed E-state index contributed by atoms with van der Waals surface area (Å²) in [4.78, 5) is 48.9. The molecule has 0 rings (SSSR count). The molecule has 12 heteroatoms. The summed E-state index contributed by atoms with van der Waals surface area (Å²) in [6, 6.07) is -3.70. The Morgan fingerprint density at radius 2 is 1.43 bits per heavy atom. The highest BCUT2D eigenvalue weighted by Crippen LogP contribution is 2.07. The monoisotopic (exact) mass is 482 g/mol. The summed E-state index contributed by atoms with van der Waals surface area (Å²) in [6.07, 6.45) is 4.57. The van der Waals surface area contributed by atoms with Crippen LogP contribution in [-0.2, 0) is 19.2 Å². The number of hydrogen-bond donors (Lipinski definition) is 6. The van der Waals surface area contributed by atoms with Crippen molar-refractivity contribution >= 4 is 59.8 Å². The summed E-state index contributed by atoms with van der Waals surface area (Å²) in [5.74, 6) is -1.78. The number of hydrogen-bond acceptors (Lipinski definition) is 8.